The van der Waals surface area contributed by atoms with E-state index in [1.165, 1.54) is 22.3 Å². The number of rotatable bonds is 3. The number of carbonyl (C=O) groups excluding carboxylic acids is 1. The van der Waals surface area contributed by atoms with E-state index in [0.29, 0.717) is 13.1 Å². The molecule has 0 saturated heterocycles. The van der Waals surface area contributed by atoms with E-state index < -0.39 is 11.2 Å². The lowest BCUT2D eigenvalue weighted by molar-refractivity contribution is 0.0634. The molecule has 1 amide bonds. The van der Waals surface area contributed by atoms with Crippen LogP contribution in [0.15, 0.2) is 59.5 Å². The van der Waals surface area contributed by atoms with Crippen molar-refractivity contribution < 1.29 is 9.90 Å². The monoisotopic (exact) mass is 415 g/mol. The van der Waals surface area contributed by atoms with Crippen LogP contribution in [0, 0.1) is 0 Å². The summed E-state index contributed by atoms with van der Waals surface area (Å²) in [4.78, 5) is 27.0. The van der Waals surface area contributed by atoms with Crippen molar-refractivity contribution in [2.45, 2.75) is 38.1 Å². The van der Waals surface area contributed by atoms with Gasteiger partial charge in [0.15, 0.2) is 11.4 Å². The largest absolute Gasteiger partial charge is 0.502 e. The van der Waals surface area contributed by atoms with Crippen LogP contribution in [0.5, 0.6) is 5.75 Å². The minimum absolute atomic E-state index is 0.00332. The summed E-state index contributed by atoms with van der Waals surface area (Å²) < 4.78 is 1.59. The predicted molar refractivity (Wildman–Crippen MR) is 118 cm³/mol. The van der Waals surface area contributed by atoms with E-state index in [-0.39, 0.29) is 23.6 Å². The number of amides is 1. The topological polar surface area (TPSA) is 75.4 Å². The number of benzene rings is 2. The maximum Gasteiger partial charge on any atom is 0.276 e. The van der Waals surface area contributed by atoms with Crippen LogP contribution in [0.2, 0.25) is 0 Å². The molecule has 1 N–H and O–H groups in total. The zero-order chi connectivity index (χ0) is 21.5. The molecule has 0 spiro atoms. The summed E-state index contributed by atoms with van der Waals surface area (Å²) in [7, 11) is 0. The zero-order valence-electron chi connectivity index (χ0n) is 17.5. The molecule has 0 bridgehead atoms. The summed E-state index contributed by atoms with van der Waals surface area (Å²) in [6, 6.07) is 16.7. The third kappa shape index (κ3) is 3.14. The normalized spacial score (nSPS) is 18.2. The average Bonchev–Trinajstić information content (AvgIpc) is 2.95. The first-order valence-electron chi connectivity index (χ1n) is 10.9. The Labute approximate surface area is 180 Å². The summed E-state index contributed by atoms with van der Waals surface area (Å²) in [5.41, 5.74) is 4.38. The van der Waals surface area contributed by atoms with Gasteiger partial charge < -0.3 is 10.0 Å². The highest BCUT2D eigenvalue weighted by atomic mass is 16.3. The molecule has 158 valence electrons. The number of aromatic hydroxyl groups is 1. The lowest BCUT2D eigenvalue weighted by atomic mass is 9.81. The number of aryl methyl sites for hydroxylation is 2. The molecule has 2 aromatic carbocycles. The number of hydrogen-bond donors (Lipinski definition) is 1. The van der Waals surface area contributed by atoms with Crippen molar-refractivity contribution >= 4 is 5.91 Å². The SMILES string of the molecule is CCCN1C[C@H](C2c3ccccc3CCc3ccccc32)n2ncc(=O)c(O)c2C1=O. The van der Waals surface area contributed by atoms with Gasteiger partial charge in [0, 0.05) is 19.0 Å². The number of carbonyl (C=O) groups is 1. The molecule has 1 aromatic heterocycles. The summed E-state index contributed by atoms with van der Waals surface area (Å²) in [6.07, 6.45) is 3.80. The van der Waals surface area contributed by atoms with Gasteiger partial charge in [-0.1, -0.05) is 55.5 Å². The van der Waals surface area contributed by atoms with E-state index in [1.54, 1.807) is 9.58 Å². The minimum Gasteiger partial charge on any atom is -0.502 e. The standard InChI is InChI=1S/C25H25N3O3/c1-2-13-27-15-20(28-23(25(27)31)24(30)21(29)14-26-28)22-18-9-5-3-7-16(18)11-12-17-8-4-6-10-19(17)22/h3-10,14,20,22,30H,2,11-13,15H2,1H3/t20-/m1/s1. The van der Waals surface area contributed by atoms with Crippen LogP contribution in [-0.4, -0.2) is 38.8 Å². The molecular formula is C25H25N3O3. The summed E-state index contributed by atoms with van der Waals surface area (Å²) in [5.74, 6) is -0.896. The highest BCUT2D eigenvalue weighted by Crippen LogP contribution is 2.43. The van der Waals surface area contributed by atoms with Crippen molar-refractivity contribution in [1.82, 2.24) is 14.7 Å². The van der Waals surface area contributed by atoms with Crippen LogP contribution < -0.4 is 5.43 Å². The molecule has 2 aliphatic rings. The van der Waals surface area contributed by atoms with Crippen molar-refractivity contribution in [3.8, 4) is 5.75 Å². The zero-order valence-corrected chi connectivity index (χ0v) is 17.5. The van der Waals surface area contributed by atoms with Gasteiger partial charge in [-0.3, -0.25) is 14.3 Å². The summed E-state index contributed by atoms with van der Waals surface area (Å²) >= 11 is 0. The Balaban J connectivity index is 1.77. The van der Waals surface area contributed by atoms with E-state index in [9.17, 15) is 14.7 Å². The van der Waals surface area contributed by atoms with Gasteiger partial charge in [-0.15, -0.1) is 0 Å². The van der Waals surface area contributed by atoms with Gasteiger partial charge in [0.25, 0.3) is 5.91 Å². The van der Waals surface area contributed by atoms with Crippen LogP contribution in [0.1, 0.15) is 58.0 Å². The van der Waals surface area contributed by atoms with Gasteiger partial charge in [0.2, 0.25) is 5.43 Å². The smallest absolute Gasteiger partial charge is 0.276 e. The lowest BCUT2D eigenvalue weighted by Crippen LogP contribution is -2.47. The Hall–Kier alpha value is -3.41. The fourth-order valence-electron chi connectivity index (χ4n) is 5.14. The summed E-state index contributed by atoms with van der Waals surface area (Å²) in [6.45, 7) is 3.06. The van der Waals surface area contributed by atoms with Gasteiger partial charge in [0.05, 0.1) is 12.2 Å². The van der Waals surface area contributed by atoms with Crippen LogP contribution >= 0.6 is 0 Å². The first-order valence-corrected chi connectivity index (χ1v) is 10.9. The molecule has 0 unspecified atom stereocenters. The van der Waals surface area contributed by atoms with E-state index in [2.05, 4.69) is 53.6 Å². The molecule has 3 aromatic rings. The number of aromatic nitrogens is 2. The molecule has 1 aliphatic heterocycles. The van der Waals surface area contributed by atoms with Gasteiger partial charge in [0.1, 0.15) is 0 Å². The van der Waals surface area contributed by atoms with E-state index >= 15 is 0 Å². The Kier molecular flexibility index (Phi) is 4.85. The van der Waals surface area contributed by atoms with Gasteiger partial charge in [-0.25, -0.2) is 0 Å². The average molecular weight is 415 g/mol. The van der Waals surface area contributed by atoms with Crippen LogP contribution in [0.3, 0.4) is 0 Å². The molecule has 6 nitrogen and oxygen atoms in total. The predicted octanol–water partition coefficient (Wildman–Crippen LogP) is 3.29. The molecule has 0 saturated carbocycles. The first-order chi connectivity index (χ1) is 15.1. The quantitative estimate of drug-likeness (QED) is 0.712. The lowest BCUT2D eigenvalue weighted by Gasteiger charge is -2.39. The molecule has 0 radical (unpaired) electrons. The molecule has 2 heterocycles. The number of hydrogen-bond acceptors (Lipinski definition) is 4. The Morgan fingerprint density at radius 2 is 1.61 bits per heavy atom. The molecule has 1 atom stereocenters. The van der Waals surface area contributed by atoms with Crippen molar-refractivity contribution in [3.05, 3.63) is 92.9 Å². The van der Waals surface area contributed by atoms with Crippen molar-refractivity contribution in [3.63, 3.8) is 0 Å². The molecule has 31 heavy (non-hydrogen) atoms. The second-order valence-electron chi connectivity index (χ2n) is 8.34. The Bertz CT molecular complexity index is 1170. The fourth-order valence-corrected chi connectivity index (χ4v) is 5.14. The highest BCUT2D eigenvalue weighted by molar-refractivity contribution is 5.95. The number of nitrogens with zero attached hydrogens (tertiary/aromatic N) is 3. The molecule has 0 fully saturated rings. The second-order valence-corrected chi connectivity index (χ2v) is 8.34. The summed E-state index contributed by atoms with van der Waals surface area (Å²) in [5, 5.41) is 14.9. The third-order valence-electron chi connectivity index (χ3n) is 6.52. The van der Waals surface area contributed by atoms with Crippen LogP contribution in [0.25, 0.3) is 0 Å². The van der Waals surface area contributed by atoms with Gasteiger partial charge in [-0.2, -0.15) is 5.10 Å². The second kappa shape index (κ2) is 7.69. The molecule has 6 heteroatoms. The van der Waals surface area contributed by atoms with Crippen molar-refractivity contribution in [2.75, 3.05) is 13.1 Å². The molecular weight excluding hydrogens is 390 g/mol. The van der Waals surface area contributed by atoms with Crippen molar-refractivity contribution in [2.24, 2.45) is 0 Å². The Morgan fingerprint density at radius 1 is 1.00 bits per heavy atom. The van der Waals surface area contributed by atoms with Gasteiger partial charge >= 0.3 is 0 Å². The Morgan fingerprint density at radius 3 is 2.23 bits per heavy atom. The van der Waals surface area contributed by atoms with Crippen LogP contribution in [0.4, 0.5) is 0 Å². The maximum atomic E-state index is 13.1. The van der Waals surface area contributed by atoms with Crippen LogP contribution in [-0.2, 0) is 12.8 Å². The van der Waals surface area contributed by atoms with E-state index in [4.69, 9.17) is 0 Å². The maximum absolute atomic E-state index is 13.1. The number of fused-ring (bicyclic) bond motifs is 3. The first kappa shape index (κ1) is 19.5. The van der Waals surface area contributed by atoms with E-state index in [0.717, 1.165) is 25.5 Å². The molecule has 1 aliphatic carbocycles. The molecule has 5 rings (SSSR count). The van der Waals surface area contributed by atoms with Crippen molar-refractivity contribution in [1.29, 1.82) is 0 Å². The highest BCUT2D eigenvalue weighted by Gasteiger charge is 2.40. The third-order valence-corrected chi connectivity index (χ3v) is 6.52. The van der Waals surface area contributed by atoms with Gasteiger partial charge in [-0.05, 0) is 41.5 Å². The fraction of sp³-hybridized carbons (Fsp3) is 0.320. The van der Waals surface area contributed by atoms with E-state index in [1.807, 2.05) is 6.92 Å². The minimum atomic E-state index is -0.627.